The van der Waals surface area contributed by atoms with Gasteiger partial charge in [0.1, 0.15) is 11.6 Å². The van der Waals surface area contributed by atoms with E-state index in [1.807, 2.05) is 13.0 Å². The summed E-state index contributed by atoms with van der Waals surface area (Å²) in [6, 6.07) is 9.88. The quantitative estimate of drug-likeness (QED) is 0.617. The lowest BCUT2D eigenvalue weighted by Crippen LogP contribution is -2.05. The van der Waals surface area contributed by atoms with E-state index in [0.717, 1.165) is 12.1 Å². The van der Waals surface area contributed by atoms with E-state index in [0.29, 0.717) is 23.2 Å². The molecule has 0 aliphatic carbocycles. The lowest BCUT2D eigenvalue weighted by molar-refractivity contribution is -0.384. The van der Waals surface area contributed by atoms with Gasteiger partial charge in [-0.05, 0) is 24.6 Å². The topological polar surface area (TPSA) is 80.1 Å². The average molecular weight is 307 g/mol. The van der Waals surface area contributed by atoms with Crippen molar-refractivity contribution in [2.24, 2.45) is 0 Å². The molecule has 0 saturated heterocycles. The highest BCUT2D eigenvalue weighted by atomic mass is 35.5. The van der Waals surface area contributed by atoms with Gasteiger partial charge in [-0.1, -0.05) is 24.6 Å². The van der Waals surface area contributed by atoms with Crippen LogP contribution in [0.2, 0.25) is 5.02 Å². The normalized spacial score (nSPS) is 10.2. The van der Waals surface area contributed by atoms with Crippen LogP contribution in [0.1, 0.15) is 13.3 Å². The minimum Gasteiger partial charge on any atom is -0.370 e. The van der Waals surface area contributed by atoms with Crippen molar-refractivity contribution in [1.29, 1.82) is 0 Å². The molecule has 2 rings (SSSR count). The largest absolute Gasteiger partial charge is 0.370 e. The highest BCUT2D eigenvalue weighted by Crippen LogP contribution is 2.24. The molecule has 2 N–H and O–H groups in total. The van der Waals surface area contributed by atoms with Crippen LogP contribution in [0, 0.1) is 10.1 Å². The van der Waals surface area contributed by atoms with E-state index < -0.39 is 4.92 Å². The van der Waals surface area contributed by atoms with Crippen LogP contribution in [0.5, 0.6) is 0 Å². The third-order valence-corrected chi connectivity index (χ3v) is 2.91. The third-order valence-electron chi connectivity index (χ3n) is 2.67. The number of hydrogen-bond acceptors (Lipinski definition) is 5. The van der Waals surface area contributed by atoms with Gasteiger partial charge in [0.2, 0.25) is 0 Å². The van der Waals surface area contributed by atoms with Gasteiger partial charge in [0, 0.05) is 17.3 Å². The predicted octanol–water partition coefficient (Wildman–Crippen LogP) is 4.21. The number of nitro groups is 1. The number of anilines is 3. The van der Waals surface area contributed by atoms with Crippen molar-refractivity contribution in [2.75, 3.05) is 17.2 Å². The van der Waals surface area contributed by atoms with Gasteiger partial charge in [-0.15, -0.1) is 0 Å². The Morgan fingerprint density at radius 1 is 1.29 bits per heavy atom. The van der Waals surface area contributed by atoms with Crippen molar-refractivity contribution in [3.05, 3.63) is 51.5 Å². The van der Waals surface area contributed by atoms with E-state index >= 15 is 0 Å². The Balaban J connectivity index is 2.28. The summed E-state index contributed by atoms with van der Waals surface area (Å²) in [5.74, 6) is 0.862. The van der Waals surface area contributed by atoms with Crippen molar-refractivity contribution in [2.45, 2.75) is 13.3 Å². The van der Waals surface area contributed by atoms with Crippen LogP contribution >= 0.6 is 11.6 Å². The number of rotatable bonds is 6. The van der Waals surface area contributed by atoms with Gasteiger partial charge in [-0.25, -0.2) is 4.98 Å². The summed E-state index contributed by atoms with van der Waals surface area (Å²) in [6.07, 6.45) is 0.904. The Labute approximate surface area is 127 Å². The fraction of sp³-hybridized carbons (Fsp3) is 0.214. The maximum Gasteiger partial charge on any atom is 0.276 e. The van der Waals surface area contributed by atoms with Crippen molar-refractivity contribution < 1.29 is 4.92 Å². The number of pyridine rings is 1. The Hall–Kier alpha value is -2.34. The summed E-state index contributed by atoms with van der Waals surface area (Å²) in [5, 5.41) is 17.6. The fourth-order valence-corrected chi connectivity index (χ4v) is 1.93. The van der Waals surface area contributed by atoms with Crippen LogP contribution in [0.3, 0.4) is 0 Å². The Morgan fingerprint density at radius 2 is 2.05 bits per heavy atom. The molecule has 7 heteroatoms. The number of aromatic nitrogens is 1. The molecule has 21 heavy (non-hydrogen) atoms. The molecule has 1 aromatic carbocycles. The molecule has 0 radical (unpaired) electrons. The number of nitrogens with zero attached hydrogens (tertiary/aromatic N) is 2. The predicted molar refractivity (Wildman–Crippen MR) is 84.4 cm³/mol. The van der Waals surface area contributed by atoms with Crippen LogP contribution in [-0.2, 0) is 0 Å². The second kappa shape index (κ2) is 6.90. The van der Waals surface area contributed by atoms with E-state index in [-0.39, 0.29) is 5.69 Å². The summed E-state index contributed by atoms with van der Waals surface area (Å²) in [6.45, 7) is 2.71. The molecule has 1 aromatic heterocycles. The minimum atomic E-state index is -0.443. The number of halogens is 1. The number of benzene rings is 1. The molecule has 1 heterocycles. The van der Waals surface area contributed by atoms with Gasteiger partial charge in [-0.3, -0.25) is 10.1 Å². The molecule has 0 amide bonds. The zero-order valence-corrected chi connectivity index (χ0v) is 12.2. The lowest BCUT2D eigenvalue weighted by Gasteiger charge is -2.09. The van der Waals surface area contributed by atoms with Crippen LogP contribution in [-0.4, -0.2) is 16.5 Å². The highest BCUT2D eigenvalue weighted by molar-refractivity contribution is 6.30. The molecule has 0 aliphatic rings. The van der Waals surface area contributed by atoms with Crippen LogP contribution in [0.15, 0.2) is 36.4 Å². The molecule has 0 saturated carbocycles. The monoisotopic (exact) mass is 306 g/mol. The van der Waals surface area contributed by atoms with E-state index in [4.69, 9.17) is 11.6 Å². The minimum absolute atomic E-state index is 0.0202. The smallest absolute Gasteiger partial charge is 0.276 e. The molecule has 0 fully saturated rings. The SMILES string of the molecule is CCCNc1cc([N+](=O)[O-])cc(Nc2cccc(Cl)c2)n1. The summed E-state index contributed by atoms with van der Waals surface area (Å²) >= 11 is 5.91. The summed E-state index contributed by atoms with van der Waals surface area (Å²) in [4.78, 5) is 14.9. The molecule has 0 aliphatic heterocycles. The zero-order chi connectivity index (χ0) is 15.2. The summed E-state index contributed by atoms with van der Waals surface area (Å²) in [7, 11) is 0. The van der Waals surface area contributed by atoms with Crippen molar-refractivity contribution in [3.63, 3.8) is 0 Å². The van der Waals surface area contributed by atoms with Crippen LogP contribution in [0.25, 0.3) is 0 Å². The maximum absolute atomic E-state index is 11.0. The average Bonchev–Trinajstić information content (AvgIpc) is 2.45. The van der Waals surface area contributed by atoms with E-state index in [9.17, 15) is 10.1 Å². The first kappa shape index (κ1) is 15.1. The fourth-order valence-electron chi connectivity index (χ4n) is 1.74. The van der Waals surface area contributed by atoms with Gasteiger partial charge in [0.25, 0.3) is 5.69 Å². The van der Waals surface area contributed by atoms with E-state index in [1.165, 1.54) is 12.1 Å². The molecule has 0 spiro atoms. The first-order valence-corrected chi connectivity index (χ1v) is 6.89. The van der Waals surface area contributed by atoms with E-state index in [2.05, 4.69) is 15.6 Å². The molecule has 2 aromatic rings. The van der Waals surface area contributed by atoms with Crippen molar-refractivity contribution >= 4 is 34.6 Å². The summed E-state index contributed by atoms with van der Waals surface area (Å²) < 4.78 is 0. The maximum atomic E-state index is 11.0. The molecule has 0 atom stereocenters. The van der Waals surface area contributed by atoms with Crippen LogP contribution in [0.4, 0.5) is 23.0 Å². The molecule has 110 valence electrons. The first-order valence-electron chi connectivity index (χ1n) is 6.51. The standard InChI is InChI=1S/C14H15ClN4O2/c1-2-6-16-13-8-12(19(20)21)9-14(18-13)17-11-5-3-4-10(15)7-11/h3-5,7-9H,2,6H2,1H3,(H2,16,17,18). The molecule has 0 unspecified atom stereocenters. The number of hydrogen-bond donors (Lipinski definition) is 2. The first-order chi connectivity index (χ1) is 10.1. The molecular formula is C14H15ClN4O2. The molecular weight excluding hydrogens is 292 g/mol. The van der Waals surface area contributed by atoms with Crippen LogP contribution < -0.4 is 10.6 Å². The van der Waals surface area contributed by atoms with E-state index in [1.54, 1.807) is 18.2 Å². The molecule has 6 nitrogen and oxygen atoms in total. The van der Waals surface area contributed by atoms with Crippen molar-refractivity contribution in [3.8, 4) is 0 Å². The summed E-state index contributed by atoms with van der Waals surface area (Å²) in [5.41, 5.74) is 0.699. The second-order valence-corrected chi connectivity index (χ2v) is 4.85. The van der Waals surface area contributed by atoms with Crippen molar-refractivity contribution in [1.82, 2.24) is 4.98 Å². The second-order valence-electron chi connectivity index (χ2n) is 4.42. The van der Waals surface area contributed by atoms with Gasteiger partial charge < -0.3 is 10.6 Å². The lowest BCUT2D eigenvalue weighted by atomic mass is 10.3. The third kappa shape index (κ3) is 4.32. The Morgan fingerprint density at radius 3 is 2.71 bits per heavy atom. The zero-order valence-electron chi connectivity index (χ0n) is 11.5. The Kier molecular flexibility index (Phi) is 4.94. The molecule has 0 bridgehead atoms. The van der Waals surface area contributed by atoms with Gasteiger partial charge in [0.15, 0.2) is 0 Å². The highest BCUT2D eigenvalue weighted by Gasteiger charge is 2.11. The van der Waals surface area contributed by atoms with Gasteiger partial charge in [-0.2, -0.15) is 0 Å². The van der Waals surface area contributed by atoms with Gasteiger partial charge >= 0.3 is 0 Å². The number of nitrogens with one attached hydrogen (secondary N) is 2. The van der Waals surface area contributed by atoms with Gasteiger partial charge in [0.05, 0.1) is 17.1 Å². The Bertz CT molecular complexity index is 649.